The number of nitrogens with two attached hydrogens (primary N) is 1. The van der Waals surface area contributed by atoms with Crippen LogP contribution in [-0.2, 0) is 20.8 Å². The van der Waals surface area contributed by atoms with E-state index < -0.39 is 41.4 Å². The highest BCUT2D eigenvalue weighted by atomic mass is 19.1. The van der Waals surface area contributed by atoms with Gasteiger partial charge in [-0.3, -0.25) is 14.4 Å². The van der Waals surface area contributed by atoms with Gasteiger partial charge in [0, 0.05) is 44.9 Å². The molecule has 3 amide bonds. The minimum Gasteiger partial charge on any atom is -0.392 e. The van der Waals surface area contributed by atoms with E-state index in [4.69, 9.17) is 5.73 Å². The summed E-state index contributed by atoms with van der Waals surface area (Å²) < 4.78 is 13.6. The molecule has 1 unspecified atom stereocenters. The van der Waals surface area contributed by atoms with E-state index in [2.05, 4.69) is 29.6 Å². The number of allylic oxidation sites excluding steroid dienone is 3. The Morgan fingerprint density at radius 2 is 1.71 bits per heavy atom. The van der Waals surface area contributed by atoms with Crippen LogP contribution in [0.4, 0.5) is 4.39 Å². The molecule has 2 aromatic carbocycles. The van der Waals surface area contributed by atoms with Crippen LogP contribution in [-0.4, -0.2) is 77.0 Å². The lowest BCUT2D eigenvalue weighted by Gasteiger charge is -2.35. The molecule has 0 aliphatic heterocycles. The predicted molar refractivity (Wildman–Crippen MR) is 176 cm³/mol. The maximum absolute atomic E-state index is 14.3. The molecule has 3 rings (SSSR count). The van der Waals surface area contributed by atoms with E-state index in [1.54, 1.807) is 32.2 Å². The van der Waals surface area contributed by atoms with E-state index in [9.17, 15) is 23.9 Å². The fraction of sp³-hybridized carbons (Fsp3) is 0.417. The third-order valence-electron chi connectivity index (χ3n) is 7.87. The summed E-state index contributed by atoms with van der Waals surface area (Å²) in [5.74, 6) is -1.44. The smallest absolute Gasteiger partial charge is 0.246 e. The van der Waals surface area contributed by atoms with Crippen molar-refractivity contribution in [2.45, 2.75) is 76.1 Å². The van der Waals surface area contributed by atoms with Gasteiger partial charge in [0.15, 0.2) is 0 Å². The Bertz CT molecular complexity index is 1380. The summed E-state index contributed by atoms with van der Waals surface area (Å²) in [6.07, 6.45) is 10.1. The number of benzene rings is 2. The van der Waals surface area contributed by atoms with Crippen LogP contribution < -0.4 is 11.1 Å². The van der Waals surface area contributed by atoms with Crippen molar-refractivity contribution in [2.24, 2.45) is 5.73 Å². The molecular formula is C36H47FN4O4. The molecule has 0 bridgehead atoms. The van der Waals surface area contributed by atoms with Crippen LogP contribution in [0, 0.1) is 5.82 Å². The Balaban J connectivity index is 1.89. The monoisotopic (exact) mass is 618 g/mol. The van der Waals surface area contributed by atoms with Crippen LogP contribution in [0.5, 0.6) is 0 Å². The van der Waals surface area contributed by atoms with Crippen molar-refractivity contribution < 1.29 is 23.9 Å². The zero-order valence-electron chi connectivity index (χ0n) is 26.9. The van der Waals surface area contributed by atoms with E-state index in [-0.39, 0.29) is 31.2 Å². The number of amides is 3. The summed E-state index contributed by atoms with van der Waals surface area (Å²) in [6, 6.07) is 14.0. The standard InChI is InChI=1S/C36H47FN4O4/c1-25(42)24-39-34(44)31(22-27-15-19-30(37)20-16-27)41(5)35(45)32(40(4)33(43)12-9-21-36(2,3)38)23-26-13-17-29(18-14-26)28-10-7-6-8-11-28/h6-17,19-20,25,29,31-32,42H,18,21-24,38H2,1-5H3,(H,39,44)/b12-9+/t25-,29?,31-,32-/m1/s1. The largest absolute Gasteiger partial charge is 0.392 e. The first-order valence-electron chi connectivity index (χ1n) is 15.4. The van der Waals surface area contributed by atoms with Crippen LogP contribution in [0.2, 0.25) is 0 Å². The van der Waals surface area contributed by atoms with Gasteiger partial charge < -0.3 is 26.0 Å². The molecule has 0 heterocycles. The molecule has 0 saturated carbocycles. The summed E-state index contributed by atoms with van der Waals surface area (Å²) in [5.41, 5.74) is 8.35. The molecule has 0 radical (unpaired) electrons. The Morgan fingerprint density at radius 3 is 2.29 bits per heavy atom. The number of halogens is 1. The molecule has 1 aliphatic carbocycles. The first-order valence-corrected chi connectivity index (χ1v) is 15.4. The maximum Gasteiger partial charge on any atom is 0.246 e. The number of nitrogens with one attached hydrogen (secondary N) is 1. The molecule has 8 nitrogen and oxygen atoms in total. The number of likely N-dealkylation sites (N-methyl/N-ethyl adjacent to an activating group) is 2. The van der Waals surface area contributed by atoms with Crippen molar-refractivity contribution in [3.63, 3.8) is 0 Å². The van der Waals surface area contributed by atoms with Gasteiger partial charge in [-0.05, 0) is 68.5 Å². The van der Waals surface area contributed by atoms with E-state index in [1.165, 1.54) is 40.6 Å². The minimum absolute atomic E-state index is 0.00511. The Kier molecular flexibility index (Phi) is 12.8. The van der Waals surface area contributed by atoms with Crippen LogP contribution in [0.15, 0.2) is 90.6 Å². The zero-order chi connectivity index (χ0) is 33.1. The van der Waals surface area contributed by atoms with Gasteiger partial charge in [0.2, 0.25) is 17.7 Å². The van der Waals surface area contributed by atoms with Gasteiger partial charge >= 0.3 is 0 Å². The topological polar surface area (TPSA) is 116 Å². The molecule has 9 heteroatoms. The lowest BCUT2D eigenvalue weighted by molar-refractivity contribution is -0.146. The molecule has 45 heavy (non-hydrogen) atoms. The van der Waals surface area contributed by atoms with E-state index >= 15 is 0 Å². The second kappa shape index (κ2) is 16.3. The quantitative estimate of drug-likeness (QED) is 0.274. The molecule has 0 fully saturated rings. The fourth-order valence-electron chi connectivity index (χ4n) is 5.12. The fourth-order valence-corrected chi connectivity index (χ4v) is 5.12. The first-order chi connectivity index (χ1) is 21.2. The summed E-state index contributed by atoms with van der Waals surface area (Å²) in [5, 5.41) is 12.5. The number of nitrogens with zero attached hydrogens (tertiary/aromatic N) is 2. The number of carbonyl (C=O) groups excluding carboxylic acids is 3. The zero-order valence-corrected chi connectivity index (χ0v) is 26.9. The van der Waals surface area contributed by atoms with E-state index in [1.807, 2.05) is 38.1 Å². The second-order valence-corrected chi connectivity index (χ2v) is 12.5. The number of carbonyl (C=O) groups is 3. The molecule has 242 valence electrons. The average Bonchev–Trinajstić information content (AvgIpc) is 3.01. The number of rotatable bonds is 14. The molecule has 0 aromatic heterocycles. The summed E-state index contributed by atoms with van der Waals surface area (Å²) in [6.45, 7) is 5.28. The van der Waals surface area contributed by atoms with Gasteiger partial charge in [-0.2, -0.15) is 0 Å². The second-order valence-electron chi connectivity index (χ2n) is 12.5. The minimum atomic E-state index is -0.973. The van der Waals surface area contributed by atoms with Crippen molar-refractivity contribution in [1.82, 2.24) is 15.1 Å². The van der Waals surface area contributed by atoms with Crippen LogP contribution in [0.3, 0.4) is 0 Å². The number of aliphatic hydroxyl groups is 1. The van der Waals surface area contributed by atoms with Crippen molar-refractivity contribution >= 4 is 17.7 Å². The highest BCUT2D eigenvalue weighted by Crippen LogP contribution is 2.29. The molecular weight excluding hydrogens is 571 g/mol. The van der Waals surface area contributed by atoms with Gasteiger partial charge in [0.1, 0.15) is 17.9 Å². The highest BCUT2D eigenvalue weighted by molar-refractivity contribution is 5.95. The number of hydrogen-bond acceptors (Lipinski definition) is 5. The van der Waals surface area contributed by atoms with Gasteiger partial charge in [-0.15, -0.1) is 0 Å². The molecule has 2 aromatic rings. The van der Waals surface area contributed by atoms with E-state index in [0.717, 1.165) is 12.0 Å². The lowest BCUT2D eigenvalue weighted by atomic mass is 9.88. The Morgan fingerprint density at radius 1 is 1.04 bits per heavy atom. The maximum atomic E-state index is 14.3. The molecule has 1 aliphatic rings. The molecule has 4 N–H and O–H groups in total. The third-order valence-corrected chi connectivity index (χ3v) is 7.87. The van der Waals surface area contributed by atoms with Crippen LogP contribution in [0.1, 0.15) is 57.1 Å². The molecule has 0 saturated heterocycles. The van der Waals surface area contributed by atoms with Gasteiger partial charge in [0.05, 0.1) is 6.10 Å². The first kappa shape index (κ1) is 35.4. The van der Waals surface area contributed by atoms with Gasteiger partial charge in [0.25, 0.3) is 0 Å². The SMILES string of the molecule is C[C@@H](O)CNC(=O)[C@@H](Cc1ccc(F)cc1)N(C)C(=O)[C@@H](CC1=CCC(c2ccccc2)C=C1)N(C)C(=O)/C=C/CC(C)(C)N. The lowest BCUT2D eigenvalue weighted by Crippen LogP contribution is -2.55. The Labute approximate surface area is 266 Å². The van der Waals surface area contributed by atoms with Crippen LogP contribution in [0.25, 0.3) is 0 Å². The third kappa shape index (κ3) is 11.1. The highest BCUT2D eigenvalue weighted by Gasteiger charge is 2.35. The summed E-state index contributed by atoms with van der Waals surface area (Å²) in [7, 11) is 3.12. The molecule has 4 atom stereocenters. The van der Waals surface area contributed by atoms with Gasteiger partial charge in [-0.1, -0.05) is 66.8 Å². The molecule has 0 spiro atoms. The van der Waals surface area contributed by atoms with Crippen molar-refractivity contribution in [2.75, 3.05) is 20.6 Å². The van der Waals surface area contributed by atoms with Crippen molar-refractivity contribution in [3.8, 4) is 0 Å². The van der Waals surface area contributed by atoms with Gasteiger partial charge in [-0.25, -0.2) is 4.39 Å². The Hall–Kier alpha value is -4.08. The average molecular weight is 619 g/mol. The predicted octanol–water partition coefficient (Wildman–Crippen LogP) is 4.26. The number of hydrogen-bond donors (Lipinski definition) is 3. The number of aliphatic hydroxyl groups excluding tert-OH is 1. The summed E-state index contributed by atoms with van der Waals surface area (Å²) in [4.78, 5) is 43.7. The van der Waals surface area contributed by atoms with Crippen molar-refractivity contribution in [1.29, 1.82) is 0 Å². The summed E-state index contributed by atoms with van der Waals surface area (Å²) >= 11 is 0. The van der Waals surface area contributed by atoms with Crippen molar-refractivity contribution in [3.05, 3.63) is 107 Å². The van der Waals surface area contributed by atoms with E-state index in [0.29, 0.717) is 12.0 Å². The normalized spacial score (nSPS) is 16.9. The van der Waals surface area contributed by atoms with Crippen LogP contribution >= 0.6 is 0 Å².